The first-order chi connectivity index (χ1) is 9.69. The Morgan fingerprint density at radius 3 is 1.50 bits per heavy atom. The quantitative estimate of drug-likeness (QED) is 0.422. The molecule has 0 aliphatic rings. The van der Waals surface area contributed by atoms with E-state index >= 15 is 0 Å². The lowest BCUT2D eigenvalue weighted by Gasteiger charge is -2.16. The van der Waals surface area contributed by atoms with Crippen LogP contribution in [0.25, 0.3) is 0 Å². The second-order valence-corrected chi connectivity index (χ2v) is 18.7. The smallest absolute Gasteiger partial charge is 0.333 e. The van der Waals surface area contributed by atoms with Crippen molar-refractivity contribution in [1.82, 2.24) is 0 Å². The van der Waals surface area contributed by atoms with Crippen LogP contribution in [0.2, 0.25) is 51.4 Å². The molecular formula is C16H32O4Si2. The van der Waals surface area contributed by atoms with Gasteiger partial charge in [0.05, 0.1) is 6.61 Å². The maximum absolute atomic E-state index is 11.1. The number of rotatable bonds is 7. The van der Waals surface area contributed by atoms with Gasteiger partial charge in [0.1, 0.15) is 0 Å². The van der Waals surface area contributed by atoms with E-state index < -0.39 is 22.1 Å². The number of hydrogen-bond donors (Lipinski definition) is 1. The molecule has 0 radical (unpaired) electrons. The van der Waals surface area contributed by atoms with E-state index in [-0.39, 0.29) is 5.97 Å². The SMILES string of the molecule is C=C(C[Si](C)(C)C)C(=O)O.C=C(C[Si](C)(C)C)C(=O)OCC. The van der Waals surface area contributed by atoms with Crippen LogP contribution in [0.15, 0.2) is 24.3 Å². The summed E-state index contributed by atoms with van der Waals surface area (Å²) in [6, 6.07) is 1.51. The number of ether oxygens (including phenoxy) is 1. The predicted octanol–water partition coefficient (Wildman–Crippen LogP) is 4.41. The van der Waals surface area contributed by atoms with Crippen molar-refractivity contribution in [1.29, 1.82) is 0 Å². The highest BCUT2D eigenvalue weighted by molar-refractivity contribution is 6.77. The summed E-state index contributed by atoms with van der Waals surface area (Å²) in [6.45, 7) is 22.4. The first-order valence-electron chi connectivity index (χ1n) is 7.45. The maximum Gasteiger partial charge on any atom is 0.333 e. The molecule has 0 unspecified atom stereocenters. The summed E-state index contributed by atoms with van der Waals surface area (Å²) in [5, 5.41) is 8.47. The number of carbonyl (C=O) groups excluding carboxylic acids is 1. The van der Waals surface area contributed by atoms with Crippen molar-refractivity contribution < 1.29 is 19.4 Å². The van der Waals surface area contributed by atoms with Crippen LogP contribution in [0, 0.1) is 0 Å². The Bertz CT molecular complexity index is 415. The number of carbonyl (C=O) groups is 2. The van der Waals surface area contributed by atoms with Crippen LogP contribution in [0.4, 0.5) is 0 Å². The van der Waals surface area contributed by atoms with Gasteiger partial charge < -0.3 is 9.84 Å². The molecule has 0 heterocycles. The van der Waals surface area contributed by atoms with E-state index in [1.807, 2.05) is 0 Å². The van der Waals surface area contributed by atoms with Crippen LogP contribution in [0.3, 0.4) is 0 Å². The van der Waals surface area contributed by atoms with Gasteiger partial charge in [-0.1, -0.05) is 52.4 Å². The number of carboxylic acid groups (broad SMARTS) is 1. The van der Waals surface area contributed by atoms with Gasteiger partial charge in [-0.3, -0.25) is 0 Å². The van der Waals surface area contributed by atoms with Crippen molar-refractivity contribution in [2.75, 3.05) is 6.61 Å². The second-order valence-electron chi connectivity index (χ2n) is 7.71. The molecule has 0 spiro atoms. The minimum Gasteiger partial charge on any atom is -0.478 e. The molecule has 0 saturated heterocycles. The first-order valence-corrected chi connectivity index (χ1v) is 14.9. The fraction of sp³-hybridized carbons (Fsp3) is 0.625. The highest BCUT2D eigenvalue weighted by atomic mass is 28.3. The zero-order valence-corrected chi connectivity index (χ0v) is 17.2. The minimum absolute atomic E-state index is 0.236. The summed E-state index contributed by atoms with van der Waals surface area (Å²) < 4.78 is 4.83. The Hall–Kier alpha value is -1.15. The third-order valence-electron chi connectivity index (χ3n) is 2.35. The van der Waals surface area contributed by atoms with Gasteiger partial charge in [-0.25, -0.2) is 9.59 Å². The van der Waals surface area contributed by atoms with Gasteiger partial charge in [0.15, 0.2) is 0 Å². The van der Waals surface area contributed by atoms with Gasteiger partial charge in [-0.05, 0) is 19.0 Å². The summed E-state index contributed by atoms with van der Waals surface area (Å²) in [6.07, 6.45) is 0. The third-order valence-corrected chi connectivity index (χ3v) is 5.33. The molecule has 0 amide bonds. The van der Waals surface area contributed by atoms with E-state index in [9.17, 15) is 9.59 Å². The van der Waals surface area contributed by atoms with Crippen molar-refractivity contribution in [2.24, 2.45) is 0 Å². The molecule has 6 heteroatoms. The molecule has 4 nitrogen and oxygen atoms in total. The minimum atomic E-state index is -1.26. The Balaban J connectivity index is 0. The van der Waals surface area contributed by atoms with Gasteiger partial charge in [-0.15, -0.1) is 0 Å². The van der Waals surface area contributed by atoms with E-state index in [2.05, 4.69) is 52.4 Å². The van der Waals surface area contributed by atoms with Gasteiger partial charge in [0.25, 0.3) is 0 Å². The normalized spacial score (nSPS) is 11.0. The van der Waals surface area contributed by atoms with Crippen LogP contribution >= 0.6 is 0 Å². The number of carboxylic acids is 1. The third kappa shape index (κ3) is 15.2. The van der Waals surface area contributed by atoms with Crippen LogP contribution in [-0.2, 0) is 14.3 Å². The average molecular weight is 345 g/mol. The lowest BCUT2D eigenvalue weighted by Crippen LogP contribution is -2.22. The van der Waals surface area contributed by atoms with E-state index in [0.29, 0.717) is 23.8 Å². The molecular weight excluding hydrogens is 312 g/mol. The lowest BCUT2D eigenvalue weighted by atomic mass is 10.4. The largest absolute Gasteiger partial charge is 0.478 e. The Labute approximate surface area is 137 Å². The molecule has 1 N–H and O–H groups in total. The molecule has 0 saturated carbocycles. The van der Waals surface area contributed by atoms with Crippen molar-refractivity contribution in [3.8, 4) is 0 Å². The summed E-state index contributed by atoms with van der Waals surface area (Å²) in [4.78, 5) is 21.4. The zero-order valence-electron chi connectivity index (χ0n) is 15.2. The molecule has 0 aromatic rings. The predicted molar refractivity (Wildman–Crippen MR) is 98.9 cm³/mol. The molecule has 0 fully saturated rings. The van der Waals surface area contributed by atoms with Gasteiger partial charge in [0, 0.05) is 27.3 Å². The topological polar surface area (TPSA) is 63.6 Å². The fourth-order valence-corrected chi connectivity index (χ4v) is 4.52. The summed E-state index contributed by atoms with van der Waals surface area (Å²) in [7, 11) is -2.48. The van der Waals surface area contributed by atoms with Crippen molar-refractivity contribution in [2.45, 2.75) is 58.3 Å². The monoisotopic (exact) mass is 344 g/mol. The zero-order chi connectivity index (χ0) is 18.1. The molecule has 128 valence electrons. The molecule has 0 rings (SSSR count). The Morgan fingerprint density at radius 1 is 0.909 bits per heavy atom. The van der Waals surface area contributed by atoms with Crippen molar-refractivity contribution in [3.05, 3.63) is 24.3 Å². The van der Waals surface area contributed by atoms with Gasteiger partial charge >= 0.3 is 11.9 Å². The first kappa shape index (κ1) is 23.1. The highest BCUT2D eigenvalue weighted by Gasteiger charge is 2.19. The van der Waals surface area contributed by atoms with Crippen LogP contribution in [-0.4, -0.2) is 39.8 Å². The summed E-state index contributed by atoms with van der Waals surface area (Å²) in [5.41, 5.74) is 0.968. The lowest BCUT2D eigenvalue weighted by molar-refractivity contribution is -0.138. The standard InChI is InChI=1S/C9H18O2Si.C7H14O2Si/c1-6-11-9(10)8(2)7-12(3,4)5;1-6(7(8)9)5-10(2,3)4/h2,6-7H2,1,3-5H3;1,5H2,2-4H3,(H,8,9). The molecule has 0 atom stereocenters. The molecule has 0 aromatic carbocycles. The number of hydrogen-bond acceptors (Lipinski definition) is 3. The van der Waals surface area contributed by atoms with Gasteiger partial charge in [0.2, 0.25) is 0 Å². The van der Waals surface area contributed by atoms with Gasteiger partial charge in [-0.2, -0.15) is 0 Å². The van der Waals surface area contributed by atoms with E-state index in [1.165, 1.54) is 0 Å². The van der Waals surface area contributed by atoms with E-state index in [1.54, 1.807) is 6.92 Å². The van der Waals surface area contributed by atoms with Crippen molar-refractivity contribution in [3.63, 3.8) is 0 Å². The summed E-state index contributed by atoms with van der Waals surface area (Å²) >= 11 is 0. The molecule has 0 aliphatic heterocycles. The summed E-state index contributed by atoms with van der Waals surface area (Å²) in [5.74, 6) is -1.10. The van der Waals surface area contributed by atoms with E-state index in [0.717, 1.165) is 6.04 Å². The highest BCUT2D eigenvalue weighted by Crippen LogP contribution is 2.15. The second kappa shape index (κ2) is 9.79. The fourth-order valence-electron chi connectivity index (χ4n) is 1.66. The number of aliphatic carboxylic acids is 1. The molecule has 22 heavy (non-hydrogen) atoms. The van der Waals surface area contributed by atoms with Crippen LogP contribution in [0.1, 0.15) is 6.92 Å². The Kier molecular flexibility index (Phi) is 10.3. The molecule has 0 bridgehead atoms. The van der Waals surface area contributed by atoms with E-state index in [4.69, 9.17) is 9.84 Å². The van der Waals surface area contributed by atoms with Crippen LogP contribution < -0.4 is 0 Å². The number of esters is 1. The molecule has 0 aromatic heterocycles. The van der Waals surface area contributed by atoms with Crippen LogP contribution in [0.5, 0.6) is 0 Å². The Morgan fingerprint density at radius 2 is 1.27 bits per heavy atom. The average Bonchev–Trinajstić information content (AvgIpc) is 2.25. The molecule has 0 aliphatic carbocycles. The van der Waals surface area contributed by atoms with Crippen molar-refractivity contribution >= 4 is 28.1 Å². The maximum atomic E-state index is 11.1.